The zero-order chi connectivity index (χ0) is 26.1. The Morgan fingerprint density at radius 3 is 2.59 bits per heavy atom. The van der Waals surface area contributed by atoms with Crippen molar-refractivity contribution in [1.82, 2.24) is 0 Å². The first-order valence-electron chi connectivity index (χ1n) is 12.8. The molecule has 2 aromatic carbocycles. The molecule has 1 aliphatic carbocycles. The first kappa shape index (κ1) is 23.8. The number of allylic oxidation sites excluding steroid dienone is 3. The lowest BCUT2D eigenvalue weighted by atomic mass is 9.82. The maximum Gasteiger partial charge on any atom is 0.272 e. The van der Waals surface area contributed by atoms with Gasteiger partial charge in [0.2, 0.25) is 5.92 Å². The molecule has 5 nitrogen and oxygen atoms in total. The summed E-state index contributed by atoms with van der Waals surface area (Å²) in [7, 11) is 0. The van der Waals surface area contributed by atoms with Gasteiger partial charge in [0.05, 0.1) is 11.4 Å². The number of nitrogens with zero attached hydrogens (tertiary/aromatic N) is 2. The Balaban J connectivity index is 1.38. The van der Waals surface area contributed by atoms with Gasteiger partial charge in [-0.05, 0) is 92.5 Å². The Bertz CT molecular complexity index is 1400. The average molecular weight is 508 g/mol. The van der Waals surface area contributed by atoms with E-state index in [9.17, 15) is 22.8 Å². The molecule has 6 rings (SSSR count). The van der Waals surface area contributed by atoms with Crippen molar-refractivity contribution >= 4 is 28.9 Å². The zero-order valence-electron chi connectivity index (χ0n) is 20.8. The summed E-state index contributed by atoms with van der Waals surface area (Å²) in [6.07, 6.45) is 3.65. The van der Waals surface area contributed by atoms with E-state index < -0.39 is 5.92 Å². The van der Waals surface area contributed by atoms with Crippen molar-refractivity contribution in [3.05, 3.63) is 75.9 Å². The molecule has 0 saturated heterocycles. The molecule has 2 amide bonds. The SMILES string of the molecule is CC1=C2C(=O)Nc3cc(C(=O)N4CCc5cc(F)ccc54)c(C)cc3N2C(C2CCC(F)(F)CC2)=CC1. The van der Waals surface area contributed by atoms with E-state index in [4.69, 9.17) is 0 Å². The third-order valence-electron chi connectivity index (χ3n) is 8.10. The van der Waals surface area contributed by atoms with Gasteiger partial charge in [-0.3, -0.25) is 9.59 Å². The second-order valence-electron chi connectivity index (χ2n) is 10.5. The topological polar surface area (TPSA) is 52.7 Å². The Labute approximate surface area is 213 Å². The molecule has 0 atom stereocenters. The Morgan fingerprint density at radius 1 is 1.08 bits per heavy atom. The molecule has 1 fully saturated rings. The predicted molar refractivity (Wildman–Crippen MR) is 136 cm³/mol. The van der Waals surface area contributed by atoms with Gasteiger partial charge in [0.15, 0.2) is 0 Å². The smallest absolute Gasteiger partial charge is 0.272 e. The number of alkyl halides is 2. The molecule has 0 unspecified atom stereocenters. The van der Waals surface area contributed by atoms with Crippen LogP contribution in [0.15, 0.2) is 53.4 Å². The van der Waals surface area contributed by atoms with Crippen LogP contribution >= 0.6 is 0 Å². The van der Waals surface area contributed by atoms with E-state index in [0.29, 0.717) is 54.9 Å². The van der Waals surface area contributed by atoms with Crippen LogP contribution in [0.3, 0.4) is 0 Å². The van der Waals surface area contributed by atoms with Crippen molar-refractivity contribution in [3.8, 4) is 0 Å². The lowest BCUT2D eigenvalue weighted by Gasteiger charge is -2.42. The molecular formula is C29H28F3N3O2. The minimum Gasteiger partial charge on any atom is -0.319 e. The summed E-state index contributed by atoms with van der Waals surface area (Å²) in [5.41, 5.74) is 6.29. The van der Waals surface area contributed by atoms with Gasteiger partial charge in [-0.25, -0.2) is 13.2 Å². The van der Waals surface area contributed by atoms with Gasteiger partial charge in [0, 0.05) is 36.3 Å². The second-order valence-corrected chi connectivity index (χ2v) is 10.5. The molecule has 0 bridgehead atoms. The molecule has 192 valence electrons. The predicted octanol–water partition coefficient (Wildman–Crippen LogP) is 6.48. The number of aryl methyl sites for hydroxylation is 1. The fourth-order valence-electron chi connectivity index (χ4n) is 6.12. The summed E-state index contributed by atoms with van der Waals surface area (Å²) < 4.78 is 41.5. The summed E-state index contributed by atoms with van der Waals surface area (Å²) in [6, 6.07) is 8.05. The first-order chi connectivity index (χ1) is 17.6. The van der Waals surface area contributed by atoms with Crippen LogP contribution < -0.4 is 15.1 Å². The van der Waals surface area contributed by atoms with Crippen molar-refractivity contribution in [2.75, 3.05) is 21.7 Å². The van der Waals surface area contributed by atoms with E-state index in [-0.39, 0.29) is 36.4 Å². The summed E-state index contributed by atoms with van der Waals surface area (Å²) in [5.74, 6) is -3.50. The Kier molecular flexibility index (Phi) is 5.47. The lowest BCUT2D eigenvalue weighted by molar-refractivity contribution is -0.113. The molecule has 0 aromatic heterocycles. The number of halogens is 3. The second kappa shape index (κ2) is 8.50. The van der Waals surface area contributed by atoms with Crippen LogP contribution in [0.1, 0.15) is 60.5 Å². The standard InChI is InChI=1S/C29H28F3N3O2/c1-16-3-5-24(18-7-10-29(31,32)11-8-18)35-25-13-17(2)21(15-22(25)33-27(36)26(16)35)28(37)34-12-9-19-14-20(30)4-6-23(19)34/h4-6,13-15,18H,3,7-12H2,1-2H3,(H,33,36). The van der Waals surface area contributed by atoms with Crippen molar-refractivity contribution in [2.45, 2.75) is 58.3 Å². The highest BCUT2D eigenvalue weighted by Crippen LogP contribution is 2.48. The highest BCUT2D eigenvalue weighted by molar-refractivity contribution is 6.15. The fourth-order valence-corrected chi connectivity index (χ4v) is 6.12. The van der Waals surface area contributed by atoms with E-state index in [1.54, 1.807) is 17.0 Å². The Hall–Kier alpha value is -3.55. The van der Waals surface area contributed by atoms with Crippen molar-refractivity contribution in [2.24, 2.45) is 5.92 Å². The maximum absolute atomic E-state index is 13.9. The first-order valence-corrected chi connectivity index (χ1v) is 12.8. The molecule has 0 radical (unpaired) electrons. The normalized spacial score (nSPS) is 20.8. The number of hydrogen-bond donors (Lipinski definition) is 1. The zero-order valence-corrected chi connectivity index (χ0v) is 20.8. The number of fused-ring (bicyclic) bond motifs is 4. The van der Waals surface area contributed by atoms with Gasteiger partial charge >= 0.3 is 0 Å². The third-order valence-corrected chi connectivity index (χ3v) is 8.10. The van der Waals surface area contributed by atoms with Crippen molar-refractivity contribution < 1.29 is 22.8 Å². The van der Waals surface area contributed by atoms with E-state index in [2.05, 4.69) is 11.4 Å². The number of amides is 2. The van der Waals surface area contributed by atoms with Crippen LogP contribution in [0.2, 0.25) is 0 Å². The van der Waals surface area contributed by atoms with E-state index >= 15 is 0 Å². The highest BCUT2D eigenvalue weighted by Gasteiger charge is 2.41. The largest absolute Gasteiger partial charge is 0.319 e. The van der Waals surface area contributed by atoms with Gasteiger partial charge in [-0.15, -0.1) is 0 Å². The number of hydrogen-bond acceptors (Lipinski definition) is 3. The summed E-state index contributed by atoms with van der Waals surface area (Å²) in [4.78, 5) is 30.4. The molecule has 37 heavy (non-hydrogen) atoms. The van der Waals surface area contributed by atoms with Gasteiger partial charge in [0.1, 0.15) is 11.5 Å². The number of carbonyl (C=O) groups excluding carboxylic acids is 2. The Morgan fingerprint density at radius 2 is 1.84 bits per heavy atom. The molecule has 0 spiro atoms. The molecular weight excluding hydrogens is 479 g/mol. The minimum absolute atomic E-state index is 0.0652. The van der Waals surface area contributed by atoms with Gasteiger partial charge < -0.3 is 15.1 Å². The average Bonchev–Trinajstić information content (AvgIpc) is 3.27. The molecule has 3 aliphatic heterocycles. The van der Waals surface area contributed by atoms with Crippen LogP contribution in [-0.2, 0) is 11.2 Å². The van der Waals surface area contributed by atoms with Crippen LogP contribution in [0.25, 0.3) is 0 Å². The summed E-state index contributed by atoms with van der Waals surface area (Å²) >= 11 is 0. The number of carbonyl (C=O) groups is 2. The van der Waals surface area contributed by atoms with E-state index in [1.165, 1.54) is 12.1 Å². The molecule has 2 aromatic rings. The van der Waals surface area contributed by atoms with Crippen molar-refractivity contribution in [3.63, 3.8) is 0 Å². The van der Waals surface area contributed by atoms with Crippen LogP contribution in [-0.4, -0.2) is 24.3 Å². The van der Waals surface area contributed by atoms with E-state index in [1.807, 2.05) is 24.8 Å². The summed E-state index contributed by atoms with van der Waals surface area (Å²) in [6.45, 7) is 4.22. The fraction of sp³-hybridized carbons (Fsp3) is 0.379. The number of nitrogens with one attached hydrogen (secondary N) is 1. The van der Waals surface area contributed by atoms with Crippen molar-refractivity contribution in [1.29, 1.82) is 0 Å². The highest BCUT2D eigenvalue weighted by atomic mass is 19.3. The number of rotatable bonds is 2. The molecule has 4 aliphatic rings. The number of benzene rings is 2. The van der Waals surface area contributed by atoms with Crippen LogP contribution in [0.5, 0.6) is 0 Å². The van der Waals surface area contributed by atoms with Gasteiger partial charge in [-0.2, -0.15) is 0 Å². The molecule has 1 saturated carbocycles. The van der Waals surface area contributed by atoms with Crippen LogP contribution in [0, 0.1) is 18.7 Å². The lowest BCUT2D eigenvalue weighted by Crippen LogP contribution is -2.41. The van der Waals surface area contributed by atoms with E-state index in [0.717, 1.165) is 28.1 Å². The monoisotopic (exact) mass is 507 g/mol. The third kappa shape index (κ3) is 3.93. The maximum atomic E-state index is 13.9. The summed E-state index contributed by atoms with van der Waals surface area (Å²) in [5, 5.41) is 2.96. The molecule has 1 N–H and O–H groups in total. The number of anilines is 3. The minimum atomic E-state index is -2.64. The van der Waals surface area contributed by atoms with Crippen LogP contribution in [0.4, 0.5) is 30.2 Å². The molecule has 3 heterocycles. The van der Waals surface area contributed by atoms with Gasteiger partial charge in [0.25, 0.3) is 11.8 Å². The molecule has 8 heteroatoms. The quantitative estimate of drug-likeness (QED) is 0.506. The van der Waals surface area contributed by atoms with Gasteiger partial charge in [-0.1, -0.05) is 6.08 Å².